The van der Waals surface area contributed by atoms with Crippen molar-refractivity contribution in [3.05, 3.63) is 24.0 Å². The Bertz CT molecular complexity index is 366. The van der Waals surface area contributed by atoms with E-state index in [9.17, 15) is 4.79 Å². The molecule has 0 N–H and O–H groups in total. The molecule has 0 amide bonds. The monoisotopic (exact) mass is 190 g/mol. The molecule has 0 radical (unpaired) electrons. The van der Waals surface area contributed by atoms with Gasteiger partial charge in [0.15, 0.2) is 0 Å². The Kier molecular flexibility index (Phi) is 2.68. The number of aliphatic imine (C=N–C) groups is 1. The van der Waals surface area contributed by atoms with Gasteiger partial charge in [0.25, 0.3) is 0 Å². The smallest absolute Gasteiger partial charge is 0.240 e. The molecule has 0 spiro atoms. The third kappa shape index (κ3) is 1.71. The summed E-state index contributed by atoms with van der Waals surface area (Å²) in [5.74, 6) is 0.338. The summed E-state index contributed by atoms with van der Waals surface area (Å²) in [6.45, 7) is 1.47. The van der Waals surface area contributed by atoms with Crippen LogP contribution in [0.1, 0.15) is 17.9 Å². The van der Waals surface area contributed by atoms with E-state index in [-0.39, 0.29) is 0 Å². The Hall–Kier alpha value is -1.51. The zero-order valence-electron chi connectivity index (χ0n) is 7.64. The molecule has 0 aromatic carbocycles. The van der Waals surface area contributed by atoms with Crippen molar-refractivity contribution in [3.8, 4) is 0 Å². The van der Waals surface area contributed by atoms with E-state index < -0.39 is 0 Å². The van der Waals surface area contributed by atoms with Crippen LogP contribution in [0.2, 0.25) is 0 Å². The first kappa shape index (κ1) is 9.06. The highest BCUT2D eigenvalue weighted by atomic mass is 16.5. The van der Waals surface area contributed by atoms with E-state index in [0.717, 1.165) is 18.6 Å². The molecule has 0 saturated carbocycles. The summed E-state index contributed by atoms with van der Waals surface area (Å²) in [4.78, 5) is 17.7. The van der Waals surface area contributed by atoms with Crippen LogP contribution in [0.15, 0.2) is 23.5 Å². The molecule has 14 heavy (non-hydrogen) atoms. The number of aromatic nitrogens is 1. The first-order valence-corrected chi connectivity index (χ1v) is 4.51. The van der Waals surface area contributed by atoms with Gasteiger partial charge < -0.3 is 4.74 Å². The highest BCUT2D eigenvalue weighted by Crippen LogP contribution is 2.31. The number of hydrogen-bond acceptors (Lipinski definition) is 4. The molecule has 4 heteroatoms. The fourth-order valence-corrected chi connectivity index (χ4v) is 1.66. The molecule has 1 saturated heterocycles. The van der Waals surface area contributed by atoms with Crippen LogP contribution in [-0.2, 0) is 9.53 Å². The molecule has 1 aromatic rings. The van der Waals surface area contributed by atoms with Gasteiger partial charge in [-0.05, 0) is 18.1 Å². The van der Waals surface area contributed by atoms with Crippen LogP contribution >= 0.6 is 0 Å². The zero-order chi connectivity index (χ0) is 9.80. The highest BCUT2D eigenvalue weighted by Gasteiger charge is 2.20. The zero-order valence-corrected chi connectivity index (χ0v) is 7.64. The Morgan fingerprint density at radius 3 is 3.29 bits per heavy atom. The second kappa shape index (κ2) is 4.13. The van der Waals surface area contributed by atoms with Crippen LogP contribution in [0.25, 0.3) is 0 Å². The molecule has 1 aliphatic heterocycles. The lowest BCUT2D eigenvalue weighted by molar-refractivity contribution is 0.194. The average molecular weight is 190 g/mol. The largest absolute Gasteiger partial charge is 0.381 e. The lowest BCUT2D eigenvalue weighted by Gasteiger charge is -2.08. The van der Waals surface area contributed by atoms with E-state index in [1.165, 1.54) is 0 Å². The number of hydrogen-bond donors (Lipinski definition) is 0. The van der Waals surface area contributed by atoms with Gasteiger partial charge in [-0.3, -0.25) is 4.98 Å². The summed E-state index contributed by atoms with van der Waals surface area (Å²) < 4.78 is 5.28. The van der Waals surface area contributed by atoms with Gasteiger partial charge in [0.2, 0.25) is 6.08 Å². The minimum atomic E-state index is 0.338. The summed E-state index contributed by atoms with van der Waals surface area (Å²) in [6.07, 6.45) is 5.81. The predicted molar refractivity (Wildman–Crippen MR) is 50.2 cm³/mol. The third-order valence-electron chi connectivity index (χ3n) is 2.37. The van der Waals surface area contributed by atoms with E-state index in [4.69, 9.17) is 4.74 Å². The van der Waals surface area contributed by atoms with Gasteiger partial charge in [0.1, 0.15) is 0 Å². The number of pyridine rings is 1. The maximum absolute atomic E-state index is 10.2. The van der Waals surface area contributed by atoms with Gasteiger partial charge >= 0.3 is 0 Å². The van der Waals surface area contributed by atoms with Crippen LogP contribution in [0.5, 0.6) is 0 Å². The molecule has 2 heterocycles. The Morgan fingerprint density at radius 1 is 1.64 bits per heavy atom. The van der Waals surface area contributed by atoms with Crippen molar-refractivity contribution in [2.45, 2.75) is 12.3 Å². The molecule has 4 nitrogen and oxygen atoms in total. The Balaban J connectivity index is 2.34. The SMILES string of the molecule is O=C=Nc1cnccc1C1CCOC1. The molecule has 72 valence electrons. The van der Waals surface area contributed by atoms with Gasteiger partial charge in [0.05, 0.1) is 18.5 Å². The molecule has 1 unspecified atom stereocenters. The van der Waals surface area contributed by atoms with E-state index in [2.05, 4.69) is 9.98 Å². The minimum absolute atomic E-state index is 0.338. The summed E-state index contributed by atoms with van der Waals surface area (Å²) in [5, 5.41) is 0. The second-order valence-electron chi connectivity index (χ2n) is 3.20. The number of nitrogens with zero attached hydrogens (tertiary/aromatic N) is 2. The standard InChI is InChI=1S/C10H10N2O2/c13-7-12-10-5-11-3-1-9(10)8-2-4-14-6-8/h1,3,5,8H,2,4,6H2. The lowest BCUT2D eigenvalue weighted by Crippen LogP contribution is -1.97. The van der Waals surface area contributed by atoms with Crippen LogP contribution < -0.4 is 0 Å². The van der Waals surface area contributed by atoms with E-state index >= 15 is 0 Å². The lowest BCUT2D eigenvalue weighted by atomic mass is 9.98. The average Bonchev–Trinajstić information content (AvgIpc) is 2.72. The van der Waals surface area contributed by atoms with E-state index in [0.29, 0.717) is 18.2 Å². The third-order valence-corrected chi connectivity index (χ3v) is 2.37. The molecule has 1 aromatic heterocycles. The highest BCUT2D eigenvalue weighted by molar-refractivity contribution is 5.53. The molecule has 0 bridgehead atoms. The topological polar surface area (TPSA) is 51.5 Å². The molecular weight excluding hydrogens is 180 g/mol. The minimum Gasteiger partial charge on any atom is -0.381 e. The first-order chi connectivity index (χ1) is 6.92. The van der Waals surface area contributed by atoms with Gasteiger partial charge in [-0.15, -0.1) is 0 Å². The van der Waals surface area contributed by atoms with Gasteiger partial charge in [0, 0.05) is 18.7 Å². The van der Waals surface area contributed by atoms with E-state index in [1.54, 1.807) is 18.5 Å². The maximum Gasteiger partial charge on any atom is 0.240 e. The number of ether oxygens (including phenoxy) is 1. The van der Waals surface area contributed by atoms with Crippen molar-refractivity contribution in [1.29, 1.82) is 0 Å². The molecular formula is C10H10N2O2. The number of isocyanates is 1. The summed E-state index contributed by atoms with van der Waals surface area (Å²) >= 11 is 0. The van der Waals surface area contributed by atoms with Gasteiger partial charge in [-0.2, -0.15) is 4.99 Å². The summed E-state index contributed by atoms with van der Waals surface area (Å²) in [7, 11) is 0. The fourth-order valence-electron chi connectivity index (χ4n) is 1.66. The fraction of sp³-hybridized carbons (Fsp3) is 0.400. The Labute approximate surface area is 81.6 Å². The van der Waals surface area contributed by atoms with Crippen molar-refractivity contribution in [1.82, 2.24) is 4.98 Å². The molecule has 2 rings (SSSR count). The van der Waals surface area contributed by atoms with Crippen LogP contribution in [-0.4, -0.2) is 24.3 Å². The van der Waals surface area contributed by atoms with Gasteiger partial charge in [-0.25, -0.2) is 4.79 Å². The second-order valence-corrected chi connectivity index (χ2v) is 3.20. The van der Waals surface area contributed by atoms with Gasteiger partial charge in [-0.1, -0.05) is 0 Å². The number of carbonyl (C=O) groups excluding carboxylic acids is 1. The van der Waals surface area contributed by atoms with Crippen molar-refractivity contribution in [2.75, 3.05) is 13.2 Å². The van der Waals surface area contributed by atoms with Crippen LogP contribution in [0.3, 0.4) is 0 Å². The van der Waals surface area contributed by atoms with Crippen molar-refractivity contribution in [3.63, 3.8) is 0 Å². The van der Waals surface area contributed by atoms with E-state index in [1.807, 2.05) is 6.07 Å². The van der Waals surface area contributed by atoms with Crippen molar-refractivity contribution in [2.24, 2.45) is 4.99 Å². The Morgan fingerprint density at radius 2 is 2.57 bits per heavy atom. The molecule has 1 fully saturated rings. The number of rotatable bonds is 2. The maximum atomic E-state index is 10.2. The summed E-state index contributed by atoms with van der Waals surface area (Å²) in [5.41, 5.74) is 1.64. The molecule has 1 atom stereocenters. The van der Waals surface area contributed by atoms with Crippen molar-refractivity contribution >= 4 is 11.8 Å². The molecule has 1 aliphatic rings. The first-order valence-electron chi connectivity index (χ1n) is 4.51. The molecule has 0 aliphatic carbocycles. The van der Waals surface area contributed by atoms with Crippen LogP contribution in [0, 0.1) is 0 Å². The normalized spacial score (nSPS) is 20.4. The quantitative estimate of drug-likeness (QED) is 0.525. The van der Waals surface area contributed by atoms with Crippen LogP contribution in [0.4, 0.5) is 5.69 Å². The summed E-state index contributed by atoms with van der Waals surface area (Å²) in [6, 6.07) is 1.88. The predicted octanol–water partition coefficient (Wildman–Crippen LogP) is 1.55. The van der Waals surface area contributed by atoms with Crippen molar-refractivity contribution < 1.29 is 9.53 Å².